The zero-order chi connectivity index (χ0) is 11.7. The Bertz CT molecular complexity index is 548. The lowest BCUT2D eigenvalue weighted by Crippen LogP contribution is -1.93. The van der Waals surface area contributed by atoms with E-state index >= 15 is 0 Å². The Hall–Kier alpha value is -0.640. The fourth-order valence-electron chi connectivity index (χ4n) is 1.46. The lowest BCUT2D eigenvalue weighted by molar-refractivity contribution is 0.101. The van der Waals surface area contributed by atoms with E-state index in [4.69, 9.17) is 11.6 Å². The molecule has 1 aromatic heterocycles. The van der Waals surface area contributed by atoms with Gasteiger partial charge in [0.05, 0.1) is 5.02 Å². The fraction of sp³-hybridized carbons (Fsp3) is 0.0833. The summed E-state index contributed by atoms with van der Waals surface area (Å²) in [5.41, 5.74) is 2.68. The van der Waals surface area contributed by atoms with E-state index in [0.717, 1.165) is 15.6 Å². The summed E-state index contributed by atoms with van der Waals surface area (Å²) < 4.78 is 1.05. The molecular weight excluding hydrogens is 308 g/mol. The molecule has 4 heteroatoms. The van der Waals surface area contributed by atoms with E-state index in [0.29, 0.717) is 10.6 Å². The maximum atomic E-state index is 11.2. The van der Waals surface area contributed by atoms with Crippen LogP contribution in [0.3, 0.4) is 0 Å². The van der Waals surface area contributed by atoms with E-state index < -0.39 is 0 Å². The van der Waals surface area contributed by atoms with Crippen molar-refractivity contribution in [2.75, 3.05) is 0 Å². The number of halogens is 2. The van der Waals surface area contributed by atoms with Crippen LogP contribution in [-0.4, -0.2) is 5.78 Å². The Morgan fingerprint density at radius 2 is 2.12 bits per heavy atom. The number of Topliss-reactive ketones (excluding diaryl/α,β-unsaturated/α-hetero) is 1. The molecule has 1 aromatic carbocycles. The Balaban J connectivity index is 2.50. The molecule has 0 amide bonds. The molecular formula is C12H8BrClOS. The highest BCUT2D eigenvalue weighted by molar-refractivity contribution is 9.10. The summed E-state index contributed by atoms with van der Waals surface area (Å²) in [6.45, 7) is 1.52. The maximum Gasteiger partial charge on any atom is 0.161 e. The molecule has 0 saturated carbocycles. The van der Waals surface area contributed by atoms with Crippen LogP contribution in [0, 0.1) is 0 Å². The minimum absolute atomic E-state index is 0.0130. The van der Waals surface area contributed by atoms with Gasteiger partial charge < -0.3 is 0 Å². The van der Waals surface area contributed by atoms with Crippen LogP contribution in [0.5, 0.6) is 0 Å². The number of ketones is 1. The van der Waals surface area contributed by atoms with Crippen LogP contribution in [0.4, 0.5) is 0 Å². The molecule has 82 valence electrons. The van der Waals surface area contributed by atoms with Gasteiger partial charge in [-0.15, -0.1) is 0 Å². The van der Waals surface area contributed by atoms with Gasteiger partial charge in [0.25, 0.3) is 0 Å². The molecule has 0 aliphatic carbocycles. The number of hydrogen-bond donors (Lipinski definition) is 0. The molecule has 0 bridgehead atoms. The number of carbonyl (C=O) groups is 1. The van der Waals surface area contributed by atoms with Gasteiger partial charge in [-0.2, -0.15) is 11.3 Å². The first-order valence-electron chi connectivity index (χ1n) is 4.62. The van der Waals surface area contributed by atoms with Gasteiger partial charge >= 0.3 is 0 Å². The van der Waals surface area contributed by atoms with Crippen molar-refractivity contribution in [3.63, 3.8) is 0 Å². The number of rotatable bonds is 2. The van der Waals surface area contributed by atoms with Crippen LogP contribution in [0.25, 0.3) is 11.1 Å². The van der Waals surface area contributed by atoms with Crippen LogP contribution in [-0.2, 0) is 0 Å². The highest BCUT2D eigenvalue weighted by Gasteiger charge is 2.09. The van der Waals surface area contributed by atoms with E-state index in [-0.39, 0.29) is 5.78 Å². The quantitative estimate of drug-likeness (QED) is 0.710. The monoisotopic (exact) mass is 314 g/mol. The molecule has 0 N–H and O–H groups in total. The molecule has 0 radical (unpaired) electrons. The van der Waals surface area contributed by atoms with Crippen LogP contribution < -0.4 is 0 Å². The average Bonchev–Trinajstić information content (AvgIpc) is 2.63. The normalized spacial score (nSPS) is 10.4. The summed E-state index contributed by atoms with van der Waals surface area (Å²) in [6.07, 6.45) is 0. The van der Waals surface area contributed by atoms with Crippen molar-refractivity contribution in [2.45, 2.75) is 6.92 Å². The second-order valence-electron chi connectivity index (χ2n) is 3.38. The van der Waals surface area contributed by atoms with Crippen molar-refractivity contribution in [1.82, 2.24) is 0 Å². The highest BCUT2D eigenvalue weighted by Crippen LogP contribution is 2.33. The van der Waals surface area contributed by atoms with Crippen LogP contribution in [0.15, 0.2) is 33.4 Å². The Kier molecular flexibility index (Phi) is 3.47. The summed E-state index contributed by atoms with van der Waals surface area (Å²) in [4.78, 5) is 11.2. The van der Waals surface area contributed by atoms with Crippen LogP contribution >= 0.6 is 38.9 Å². The number of carbonyl (C=O) groups excluding carboxylic acids is 1. The smallest absolute Gasteiger partial charge is 0.161 e. The minimum Gasteiger partial charge on any atom is -0.294 e. The van der Waals surface area contributed by atoms with Crippen molar-refractivity contribution in [3.8, 4) is 11.1 Å². The lowest BCUT2D eigenvalue weighted by Gasteiger charge is -2.04. The molecule has 2 aromatic rings. The van der Waals surface area contributed by atoms with E-state index in [2.05, 4.69) is 15.9 Å². The van der Waals surface area contributed by atoms with Gasteiger partial charge in [0, 0.05) is 21.0 Å². The first-order valence-corrected chi connectivity index (χ1v) is 6.73. The Morgan fingerprint density at radius 1 is 1.38 bits per heavy atom. The zero-order valence-electron chi connectivity index (χ0n) is 8.46. The van der Waals surface area contributed by atoms with Crippen LogP contribution in [0.2, 0.25) is 5.02 Å². The predicted octanol–water partition coefficient (Wildman–Crippen LogP) is 5.03. The molecule has 2 rings (SSSR count). The average molecular weight is 316 g/mol. The van der Waals surface area contributed by atoms with Gasteiger partial charge in [-0.05, 0) is 45.9 Å². The molecule has 0 aliphatic rings. The first-order chi connectivity index (χ1) is 7.59. The summed E-state index contributed by atoms with van der Waals surface area (Å²) in [5.74, 6) is -0.0130. The zero-order valence-corrected chi connectivity index (χ0v) is 11.6. The number of hydrogen-bond acceptors (Lipinski definition) is 2. The standard InChI is InChI=1S/C12H8BrClOS/c1-7(15)9-3-2-8(4-12(9)14)10-5-16-6-11(10)13/h2-6H,1H3. The molecule has 1 nitrogen and oxygen atoms in total. The molecule has 0 atom stereocenters. The first kappa shape index (κ1) is 11.8. The second kappa shape index (κ2) is 4.70. The predicted molar refractivity (Wildman–Crippen MR) is 72.5 cm³/mol. The number of thiophene rings is 1. The van der Waals surface area contributed by atoms with Crippen LogP contribution in [0.1, 0.15) is 17.3 Å². The molecule has 1 heterocycles. The molecule has 0 spiro atoms. The third-order valence-electron chi connectivity index (χ3n) is 2.27. The third kappa shape index (κ3) is 2.21. The Morgan fingerprint density at radius 3 is 2.62 bits per heavy atom. The largest absolute Gasteiger partial charge is 0.294 e. The molecule has 0 fully saturated rings. The topological polar surface area (TPSA) is 17.1 Å². The Labute approximate surface area is 111 Å². The van der Waals surface area contributed by atoms with Gasteiger partial charge in [-0.1, -0.05) is 17.7 Å². The van der Waals surface area contributed by atoms with Crippen molar-refractivity contribution < 1.29 is 4.79 Å². The van der Waals surface area contributed by atoms with Gasteiger partial charge in [-0.25, -0.2) is 0 Å². The molecule has 0 saturated heterocycles. The van der Waals surface area contributed by atoms with E-state index in [1.165, 1.54) is 6.92 Å². The number of benzene rings is 1. The van der Waals surface area contributed by atoms with Gasteiger partial charge in [0.15, 0.2) is 5.78 Å². The SMILES string of the molecule is CC(=O)c1ccc(-c2cscc2Br)cc1Cl. The van der Waals surface area contributed by atoms with Gasteiger partial charge in [-0.3, -0.25) is 4.79 Å². The van der Waals surface area contributed by atoms with Gasteiger partial charge in [0.2, 0.25) is 0 Å². The van der Waals surface area contributed by atoms with Crippen molar-refractivity contribution in [1.29, 1.82) is 0 Å². The van der Waals surface area contributed by atoms with Gasteiger partial charge in [0.1, 0.15) is 0 Å². The minimum atomic E-state index is -0.0130. The van der Waals surface area contributed by atoms with E-state index in [1.807, 2.05) is 22.9 Å². The maximum absolute atomic E-state index is 11.2. The van der Waals surface area contributed by atoms with Crippen molar-refractivity contribution in [2.24, 2.45) is 0 Å². The summed E-state index contributed by atoms with van der Waals surface area (Å²) in [7, 11) is 0. The highest BCUT2D eigenvalue weighted by atomic mass is 79.9. The summed E-state index contributed by atoms with van der Waals surface area (Å²) in [5, 5.41) is 4.56. The fourth-order valence-corrected chi connectivity index (χ4v) is 3.30. The summed E-state index contributed by atoms with van der Waals surface area (Å²) in [6, 6.07) is 5.50. The molecule has 0 unspecified atom stereocenters. The van der Waals surface area contributed by atoms with Crippen molar-refractivity contribution in [3.05, 3.63) is 44.0 Å². The molecule has 16 heavy (non-hydrogen) atoms. The van der Waals surface area contributed by atoms with E-state index in [9.17, 15) is 4.79 Å². The second-order valence-corrected chi connectivity index (χ2v) is 5.39. The van der Waals surface area contributed by atoms with E-state index in [1.54, 1.807) is 17.4 Å². The van der Waals surface area contributed by atoms with Crippen molar-refractivity contribution >= 4 is 44.7 Å². The lowest BCUT2D eigenvalue weighted by atomic mass is 10.1. The summed E-state index contributed by atoms with van der Waals surface area (Å²) >= 11 is 11.2. The molecule has 0 aliphatic heterocycles. The third-order valence-corrected chi connectivity index (χ3v) is 4.29.